The van der Waals surface area contributed by atoms with Gasteiger partial charge < -0.3 is 4.42 Å². The number of hydrogen-bond donors (Lipinski definition) is 0. The molecule has 3 rings (SSSR count). The zero-order valence-electron chi connectivity index (χ0n) is 9.82. The van der Waals surface area contributed by atoms with Crippen LogP contribution in [0.15, 0.2) is 41.1 Å². The van der Waals surface area contributed by atoms with Crippen LogP contribution in [0.25, 0.3) is 21.7 Å². The average Bonchev–Trinajstić information content (AvgIpc) is 2.80. The maximum atomic E-state index is 5.46. The van der Waals surface area contributed by atoms with Crippen molar-refractivity contribution in [2.45, 2.75) is 20.8 Å². The van der Waals surface area contributed by atoms with E-state index in [1.807, 2.05) is 39.1 Å². The number of rotatable bonds is 0. The first-order valence-corrected chi connectivity index (χ1v) is 5.58. The van der Waals surface area contributed by atoms with E-state index in [1.54, 1.807) is 6.26 Å². The molecule has 82 valence electrons. The van der Waals surface area contributed by atoms with E-state index in [-0.39, 0.29) is 0 Å². The van der Waals surface area contributed by atoms with Gasteiger partial charge >= 0.3 is 0 Å². The summed E-state index contributed by atoms with van der Waals surface area (Å²) >= 11 is 0. The molecule has 0 atom stereocenters. The van der Waals surface area contributed by atoms with Gasteiger partial charge in [0.05, 0.1) is 6.26 Å². The van der Waals surface area contributed by atoms with Crippen LogP contribution in [0.4, 0.5) is 0 Å². The number of aromatic nitrogens is 1. The van der Waals surface area contributed by atoms with Gasteiger partial charge in [0.2, 0.25) is 0 Å². The van der Waals surface area contributed by atoms with E-state index in [2.05, 4.69) is 17.1 Å². The van der Waals surface area contributed by atoms with Gasteiger partial charge in [-0.25, -0.2) is 0 Å². The fourth-order valence-electron chi connectivity index (χ4n) is 1.83. The largest absolute Gasteiger partial charge is 0.464 e. The lowest BCUT2D eigenvalue weighted by molar-refractivity contribution is 0.619. The molecule has 0 unspecified atom stereocenters. The lowest BCUT2D eigenvalue weighted by Crippen LogP contribution is -1.82. The highest BCUT2D eigenvalue weighted by Gasteiger charge is 2.04. The Labute approximate surface area is 94.9 Å². The van der Waals surface area contributed by atoms with Crippen LogP contribution in [0.5, 0.6) is 0 Å². The Kier molecular flexibility index (Phi) is 2.91. The molecule has 0 saturated carbocycles. The minimum Gasteiger partial charge on any atom is -0.464 e. The second-order valence-electron chi connectivity index (χ2n) is 3.40. The smallest absolute Gasteiger partial charge is 0.141 e. The molecule has 0 amide bonds. The normalized spacial score (nSPS) is 10.2. The molecule has 0 fully saturated rings. The summed E-state index contributed by atoms with van der Waals surface area (Å²) in [5, 5.41) is 3.44. The summed E-state index contributed by atoms with van der Waals surface area (Å²) in [4.78, 5) is 4.26. The number of benzene rings is 1. The third kappa shape index (κ3) is 1.56. The van der Waals surface area contributed by atoms with E-state index in [0.29, 0.717) is 0 Å². The first-order chi connectivity index (χ1) is 7.86. The van der Waals surface area contributed by atoms with E-state index in [0.717, 1.165) is 27.4 Å². The van der Waals surface area contributed by atoms with Gasteiger partial charge in [-0.05, 0) is 19.1 Å². The van der Waals surface area contributed by atoms with Crippen molar-refractivity contribution >= 4 is 21.7 Å². The van der Waals surface area contributed by atoms with Crippen molar-refractivity contribution < 1.29 is 4.42 Å². The minimum atomic E-state index is 0.952. The molecule has 0 aliphatic carbocycles. The highest BCUT2D eigenvalue weighted by atomic mass is 16.3. The van der Waals surface area contributed by atoms with E-state index < -0.39 is 0 Å². The Morgan fingerprint density at radius 1 is 1.00 bits per heavy atom. The van der Waals surface area contributed by atoms with Crippen LogP contribution in [0.2, 0.25) is 0 Å². The summed E-state index contributed by atoms with van der Waals surface area (Å²) in [6.45, 7) is 6.01. The summed E-state index contributed by atoms with van der Waals surface area (Å²) in [6.07, 6.45) is 3.54. The summed E-state index contributed by atoms with van der Waals surface area (Å²) in [5.74, 6) is 0. The summed E-state index contributed by atoms with van der Waals surface area (Å²) in [7, 11) is 0. The number of pyridine rings is 1. The molecule has 0 bridgehead atoms. The Morgan fingerprint density at radius 3 is 2.62 bits per heavy atom. The van der Waals surface area contributed by atoms with Crippen LogP contribution in [-0.2, 0) is 0 Å². The van der Waals surface area contributed by atoms with Crippen LogP contribution < -0.4 is 0 Å². The topological polar surface area (TPSA) is 26.0 Å². The van der Waals surface area contributed by atoms with Gasteiger partial charge in [-0.1, -0.05) is 26.0 Å². The third-order valence-corrected chi connectivity index (χ3v) is 2.56. The Balaban J connectivity index is 0.000000457. The Hall–Kier alpha value is -1.83. The zero-order chi connectivity index (χ0) is 11.5. The minimum absolute atomic E-state index is 0.952. The number of aryl methyl sites for hydroxylation is 1. The summed E-state index contributed by atoms with van der Waals surface area (Å²) in [5.41, 5.74) is 1.99. The predicted octanol–water partition coefficient (Wildman–Crippen LogP) is 4.32. The molecule has 0 radical (unpaired) electrons. The second-order valence-corrected chi connectivity index (χ2v) is 3.40. The average molecular weight is 213 g/mol. The number of hydrogen-bond acceptors (Lipinski definition) is 2. The quantitative estimate of drug-likeness (QED) is 0.556. The maximum absolute atomic E-state index is 5.46. The molecule has 0 saturated heterocycles. The first-order valence-electron chi connectivity index (χ1n) is 5.58. The number of nitrogens with zero attached hydrogens (tertiary/aromatic N) is 1. The molecule has 2 aromatic heterocycles. The van der Waals surface area contributed by atoms with Crippen molar-refractivity contribution in [1.82, 2.24) is 4.98 Å². The van der Waals surface area contributed by atoms with Crippen LogP contribution >= 0.6 is 0 Å². The Morgan fingerprint density at radius 2 is 1.81 bits per heavy atom. The van der Waals surface area contributed by atoms with Crippen molar-refractivity contribution in [3.8, 4) is 0 Å². The highest BCUT2D eigenvalue weighted by Crippen LogP contribution is 2.26. The van der Waals surface area contributed by atoms with Gasteiger partial charge in [0.1, 0.15) is 5.58 Å². The van der Waals surface area contributed by atoms with Crippen molar-refractivity contribution in [1.29, 1.82) is 0 Å². The molecule has 0 aliphatic heterocycles. The van der Waals surface area contributed by atoms with Gasteiger partial charge in [0.25, 0.3) is 0 Å². The fourth-order valence-corrected chi connectivity index (χ4v) is 1.83. The fraction of sp³-hybridized carbons (Fsp3) is 0.214. The molecule has 2 nitrogen and oxygen atoms in total. The zero-order valence-corrected chi connectivity index (χ0v) is 9.82. The van der Waals surface area contributed by atoms with Gasteiger partial charge in [0, 0.05) is 28.0 Å². The second kappa shape index (κ2) is 4.35. The van der Waals surface area contributed by atoms with Gasteiger partial charge in [-0.2, -0.15) is 0 Å². The standard InChI is InChI=1S/C12H9NO.C2H6/c1-8-10-3-2-9-5-7-14-12(9)11(10)4-6-13-8;1-2/h2-7H,1H3;1-2H3. The molecule has 1 aromatic carbocycles. The van der Waals surface area contributed by atoms with Crippen LogP contribution in [-0.4, -0.2) is 4.98 Å². The maximum Gasteiger partial charge on any atom is 0.141 e. The molecule has 2 heteroatoms. The van der Waals surface area contributed by atoms with Crippen molar-refractivity contribution in [3.05, 3.63) is 42.4 Å². The van der Waals surface area contributed by atoms with Crippen LogP contribution in [0.3, 0.4) is 0 Å². The molecule has 16 heavy (non-hydrogen) atoms. The predicted molar refractivity (Wildman–Crippen MR) is 67.6 cm³/mol. The van der Waals surface area contributed by atoms with Gasteiger partial charge in [-0.3, -0.25) is 4.98 Å². The summed E-state index contributed by atoms with van der Waals surface area (Å²) < 4.78 is 5.46. The molecule has 0 N–H and O–H groups in total. The van der Waals surface area contributed by atoms with Crippen molar-refractivity contribution in [3.63, 3.8) is 0 Å². The number of furan rings is 1. The highest BCUT2D eigenvalue weighted by molar-refractivity contribution is 6.04. The SMILES string of the molecule is CC.Cc1nccc2c1ccc1ccoc12. The van der Waals surface area contributed by atoms with E-state index in [4.69, 9.17) is 4.42 Å². The van der Waals surface area contributed by atoms with Crippen molar-refractivity contribution in [2.24, 2.45) is 0 Å². The van der Waals surface area contributed by atoms with E-state index >= 15 is 0 Å². The van der Waals surface area contributed by atoms with Crippen LogP contribution in [0, 0.1) is 6.92 Å². The monoisotopic (exact) mass is 213 g/mol. The van der Waals surface area contributed by atoms with E-state index in [1.165, 1.54) is 0 Å². The third-order valence-electron chi connectivity index (χ3n) is 2.56. The van der Waals surface area contributed by atoms with E-state index in [9.17, 15) is 0 Å². The van der Waals surface area contributed by atoms with Gasteiger partial charge in [-0.15, -0.1) is 0 Å². The van der Waals surface area contributed by atoms with Gasteiger partial charge in [0.15, 0.2) is 0 Å². The molecule has 2 heterocycles. The Bertz CT molecular complexity index is 610. The summed E-state index contributed by atoms with van der Waals surface area (Å²) in [6, 6.07) is 8.13. The first kappa shape index (κ1) is 10.7. The number of fused-ring (bicyclic) bond motifs is 3. The molecular weight excluding hydrogens is 198 g/mol. The molecular formula is C14H15NO. The molecule has 0 spiro atoms. The van der Waals surface area contributed by atoms with Crippen LogP contribution in [0.1, 0.15) is 19.5 Å². The molecule has 0 aliphatic rings. The molecule has 3 aromatic rings. The lowest BCUT2D eigenvalue weighted by atomic mass is 10.1. The lowest BCUT2D eigenvalue weighted by Gasteiger charge is -2.00. The van der Waals surface area contributed by atoms with Crippen molar-refractivity contribution in [2.75, 3.05) is 0 Å².